The lowest BCUT2D eigenvalue weighted by Crippen LogP contribution is -2.36. The molecule has 5 rings (SSSR count). The molecule has 3 amide bonds. The first-order chi connectivity index (χ1) is 25.2. The minimum atomic E-state index is -4.68. The van der Waals surface area contributed by atoms with Crippen LogP contribution in [0.25, 0.3) is 17.5 Å². The Morgan fingerprint density at radius 2 is 1.57 bits per heavy atom. The van der Waals surface area contributed by atoms with Gasteiger partial charge in [0.25, 0.3) is 21.8 Å². The summed E-state index contributed by atoms with van der Waals surface area (Å²) in [6.07, 6.45) is -3.16. The van der Waals surface area contributed by atoms with Crippen molar-refractivity contribution in [2.24, 2.45) is 0 Å². The predicted octanol–water partition coefficient (Wildman–Crippen LogP) is 6.54. The zero-order chi connectivity index (χ0) is 38.3. The number of sulfonamides is 1. The monoisotopic (exact) mass is 745 g/mol. The standard InChI is InChI=1S/C37H30F3N5O7S/c1-4-23-13-14-25(20-30(23)52-32-21-31(51-3)43-34(44-32)24-9-6-5-7-10-24)33(41-22(2)46)36(48)42-28-12-8-11-26(19-28)35(47)45-53(49,50)29-17-15-27(16-18-29)37(38,39)40/h4-21,33H,1H2,2-3H3,(H,41,46)(H,42,48)(H,45,47). The molecule has 0 fully saturated rings. The zero-order valence-electron chi connectivity index (χ0n) is 28.0. The lowest BCUT2D eigenvalue weighted by Gasteiger charge is -2.20. The van der Waals surface area contributed by atoms with E-state index in [0.717, 1.165) is 12.1 Å². The van der Waals surface area contributed by atoms with Gasteiger partial charge in [-0.15, -0.1) is 0 Å². The average Bonchev–Trinajstić information content (AvgIpc) is 3.13. The third-order valence-corrected chi connectivity index (χ3v) is 8.79. The van der Waals surface area contributed by atoms with Crippen molar-refractivity contribution in [3.63, 3.8) is 0 Å². The van der Waals surface area contributed by atoms with Gasteiger partial charge in [-0.1, -0.05) is 61.2 Å². The number of halogens is 3. The fraction of sp³-hybridized carbons (Fsp3) is 0.108. The van der Waals surface area contributed by atoms with Crippen molar-refractivity contribution >= 4 is 39.5 Å². The summed E-state index contributed by atoms with van der Waals surface area (Å²) in [5, 5.41) is 5.19. The van der Waals surface area contributed by atoms with Gasteiger partial charge in [-0.05, 0) is 54.1 Å². The van der Waals surface area contributed by atoms with E-state index in [2.05, 4.69) is 27.2 Å². The molecule has 1 unspecified atom stereocenters. The summed E-state index contributed by atoms with van der Waals surface area (Å²) < 4.78 is 77.5. The predicted molar refractivity (Wildman–Crippen MR) is 188 cm³/mol. The summed E-state index contributed by atoms with van der Waals surface area (Å²) in [6, 6.07) is 21.9. The minimum Gasteiger partial charge on any atom is -0.481 e. The second-order valence-electron chi connectivity index (χ2n) is 11.2. The first kappa shape index (κ1) is 37.7. The smallest absolute Gasteiger partial charge is 0.416 e. The molecule has 1 heterocycles. The number of amides is 3. The van der Waals surface area contributed by atoms with Crippen molar-refractivity contribution in [1.29, 1.82) is 0 Å². The quantitative estimate of drug-likeness (QED) is 0.129. The molecular weight excluding hydrogens is 715 g/mol. The zero-order valence-corrected chi connectivity index (χ0v) is 28.8. The van der Waals surface area contributed by atoms with Gasteiger partial charge in [0.2, 0.25) is 17.7 Å². The van der Waals surface area contributed by atoms with Crippen molar-refractivity contribution in [3.05, 3.63) is 132 Å². The number of carbonyl (C=O) groups excluding carboxylic acids is 3. The molecule has 4 aromatic carbocycles. The third kappa shape index (κ3) is 9.42. The van der Waals surface area contributed by atoms with E-state index in [1.807, 2.05) is 30.3 Å². The molecule has 0 bridgehead atoms. The molecule has 0 aliphatic rings. The van der Waals surface area contributed by atoms with Gasteiger partial charge >= 0.3 is 6.18 Å². The number of hydrogen-bond acceptors (Lipinski definition) is 9. The molecule has 1 atom stereocenters. The van der Waals surface area contributed by atoms with Crippen molar-refractivity contribution in [3.8, 4) is 28.9 Å². The summed E-state index contributed by atoms with van der Waals surface area (Å²) in [5.41, 5.74) is 0.325. The Morgan fingerprint density at radius 3 is 2.21 bits per heavy atom. The highest BCUT2D eigenvalue weighted by Gasteiger charge is 2.31. The van der Waals surface area contributed by atoms with Gasteiger partial charge in [0, 0.05) is 29.3 Å². The molecule has 1 aromatic heterocycles. The average molecular weight is 746 g/mol. The van der Waals surface area contributed by atoms with Crippen LogP contribution in [0.1, 0.15) is 40.0 Å². The first-order valence-corrected chi connectivity index (χ1v) is 17.0. The third-order valence-electron chi connectivity index (χ3n) is 7.45. The summed E-state index contributed by atoms with van der Waals surface area (Å²) in [4.78, 5) is 47.1. The van der Waals surface area contributed by atoms with E-state index in [0.29, 0.717) is 34.6 Å². The van der Waals surface area contributed by atoms with Crippen molar-refractivity contribution in [2.75, 3.05) is 12.4 Å². The van der Waals surface area contributed by atoms with Crippen LogP contribution in [-0.2, 0) is 25.8 Å². The molecule has 16 heteroatoms. The summed E-state index contributed by atoms with van der Waals surface area (Å²) in [7, 11) is -3.11. The van der Waals surface area contributed by atoms with E-state index in [9.17, 15) is 36.0 Å². The van der Waals surface area contributed by atoms with E-state index < -0.39 is 50.4 Å². The molecule has 0 radical (unpaired) electrons. The lowest BCUT2D eigenvalue weighted by atomic mass is 10.0. The van der Waals surface area contributed by atoms with E-state index in [4.69, 9.17) is 9.47 Å². The molecule has 53 heavy (non-hydrogen) atoms. The van der Waals surface area contributed by atoms with Crippen molar-refractivity contribution in [2.45, 2.75) is 24.0 Å². The van der Waals surface area contributed by atoms with Gasteiger partial charge < -0.3 is 20.1 Å². The van der Waals surface area contributed by atoms with Gasteiger partial charge in [0.1, 0.15) is 11.8 Å². The number of aromatic nitrogens is 2. The Balaban J connectivity index is 1.37. The highest BCUT2D eigenvalue weighted by atomic mass is 32.2. The maximum atomic E-state index is 13.7. The maximum Gasteiger partial charge on any atom is 0.416 e. The maximum absolute atomic E-state index is 13.7. The van der Waals surface area contributed by atoms with Gasteiger partial charge in [-0.3, -0.25) is 14.4 Å². The molecule has 5 aromatic rings. The molecule has 0 spiro atoms. The fourth-order valence-electron chi connectivity index (χ4n) is 4.90. The summed E-state index contributed by atoms with van der Waals surface area (Å²) in [6.45, 7) is 5.04. The number of nitrogens with zero attached hydrogens (tertiary/aromatic N) is 2. The second kappa shape index (κ2) is 15.8. The number of nitrogens with one attached hydrogen (secondary N) is 3. The molecular formula is C37H30F3N5O7S. The molecule has 0 aliphatic carbocycles. The second-order valence-corrected chi connectivity index (χ2v) is 12.9. The Labute approximate surface area is 301 Å². The Bertz CT molecular complexity index is 2290. The Kier molecular flexibility index (Phi) is 11.2. The van der Waals surface area contributed by atoms with Gasteiger partial charge in [-0.25, -0.2) is 13.1 Å². The van der Waals surface area contributed by atoms with Crippen LogP contribution in [0.15, 0.2) is 115 Å². The molecule has 0 aliphatic heterocycles. The number of benzene rings is 4. The molecule has 0 saturated carbocycles. The first-order valence-electron chi connectivity index (χ1n) is 15.5. The normalized spacial score (nSPS) is 11.9. The van der Waals surface area contributed by atoms with E-state index >= 15 is 0 Å². The van der Waals surface area contributed by atoms with Gasteiger partial charge in [0.15, 0.2) is 5.82 Å². The van der Waals surface area contributed by atoms with E-state index in [1.165, 1.54) is 56.5 Å². The largest absolute Gasteiger partial charge is 0.481 e. The molecule has 12 nitrogen and oxygen atoms in total. The SMILES string of the molecule is C=Cc1ccc(C(NC(C)=O)C(=O)Nc2cccc(C(=O)NS(=O)(=O)c3ccc(C(F)(F)F)cc3)c2)cc1Oc1cc(OC)nc(-c2ccccc2)n1. The van der Waals surface area contributed by atoms with Crippen LogP contribution in [0.3, 0.4) is 0 Å². The van der Waals surface area contributed by atoms with Crippen LogP contribution < -0.4 is 24.8 Å². The highest BCUT2D eigenvalue weighted by Crippen LogP contribution is 2.32. The van der Waals surface area contributed by atoms with Crippen LogP contribution in [0.5, 0.6) is 17.5 Å². The molecule has 272 valence electrons. The number of rotatable bonds is 12. The molecule has 0 saturated heterocycles. The van der Waals surface area contributed by atoms with Crippen molar-refractivity contribution in [1.82, 2.24) is 20.0 Å². The minimum absolute atomic E-state index is 0.0608. The van der Waals surface area contributed by atoms with E-state index in [1.54, 1.807) is 16.9 Å². The number of carbonyl (C=O) groups is 3. The summed E-state index contributed by atoms with van der Waals surface area (Å²) in [5.74, 6) is -1.48. The summed E-state index contributed by atoms with van der Waals surface area (Å²) >= 11 is 0. The topological polar surface area (TPSA) is 166 Å². The Hall–Kier alpha value is -6.55. The Morgan fingerprint density at radius 1 is 0.868 bits per heavy atom. The number of methoxy groups -OCH3 is 1. The van der Waals surface area contributed by atoms with Crippen LogP contribution >= 0.6 is 0 Å². The number of hydrogen-bond donors (Lipinski definition) is 3. The van der Waals surface area contributed by atoms with Crippen molar-refractivity contribution < 1.29 is 45.4 Å². The van der Waals surface area contributed by atoms with Gasteiger partial charge in [-0.2, -0.15) is 23.1 Å². The number of anilines is 1. The number of ether oxygens (including phenoxy) is 2. The van der Waals surface area contributed by atoms with Crippen LogP contribution in [-0.4, -0.2) is 43.2 Å². The van der Waals surface area contributed by atoms with Crippen LogP contribution in [0, 0.1) is 0 Å². The number of alkyl halides is 3. The van der Waals surface area contributed by atoms with Crippen LogP contribution in [0.2, 0.25) is 0 Å². The van der Waals surface area contributed by atoms with Crippen LogP contribution in [0.4, 0.5) is 18.9 Å². The fourth-order valence-corrected chi connectivity index (χ4v) is 5.87. The lowest BCUT2D eigenvalue weighted by molar-refractivity contribution is -0.137. The van der Waals surface area contributed by atoms with Gasteiger partial charge in [0.05, 0.1) is 23.6 Å². The highest BCUT2D eigenvalue weighted by molar-refractivity contribution is 7.90. The van der Waals surface area contributed by atoms with E-state index in [-0.39, 0.29) is 28.8 Å². The molecule has 3 N–H and O–H groups in total.